The van der Waals surface area contributed by atoms with Crippen molar-refractivity contribution in [3.63, 3.8) is 0 Å². The van der Waals surface area contributed by atoms with E-state index in [2.05, 4.69) is 27.4 Å². The van der Waals surface area contributed by atoms with Gasteiger partial charge in [-0.05, 0) is 24.7 Å². The van der Waals surface area contributed by atoms with E-state index >= 15 is 0 Å². The fraction of sp³-hybridized carbons (Fsp3) is 0.833. The molecule has 1 unspecified atom stereocenters. The van der Waals surface area contributed by atoms with E-state index in [4.69, 9.17) is 0 Å². The van der Waals surface area contributed by atoms with E-state index in [-0.39, 0.29) is 12.0 Å². The van der Waals surface area contributed by atoms with Crippen molar-refractivity contribution < 1.29 is 5.11 Å². The van der Waals surface area contributed by atoms with Crippen LogP contribution in [0.4, 0.5) is 0 Å². The van der Waals surface area contributed by atoms with E-state index < -0.39 is 0 Å². The van der Waals surface area contributed by atoms with Crippen molar-refractivity contribution in [2.75, 3.05) is 6.61 Å². The standard InChI is InChI=1S/C12H24O/c1-5-7-8-12(4,10-13)9-11(3)6-2/h13H,3,5-10H2,1-2,4H3. The second kappa shape index (κ2) is 6.20. The van der Waals surface area contributed by atoms with Gasteiger partial charge in [0, 0.05) is 6.61 Å². The lowest BCUT2D eigenvalue weighted by atomic mass is 9.80. The van der Waals surface area contributed by atoms with Crippen LogP contribution in [0.1, 0.15) is 52.9 Å². The lowest BCUT2D eigenvalue weighted by Crippen LogP contribution is -2.21. The Balaban J connectivity index is 4.02. The summed E-state index contributed by atoms with van der Waals surface area (Å²) in [5.41, 5.74) is 1.33. The molecule has 1 nitrogen and oxygen atoms in total. The second-order valence-electron chi connectivity index (χ2n) is 4.35. The monoisotopic (exact) mass is 184 g/mol. The van der Waals surface area contributed by atoms with Gasteiger partial charge in [-0.2, -0.15) is 0 Å². The topological polar surface area (TPSA) is 20.2 Å². The van der Waals surface area contributed by atoms with Crippen LogP contribution in [-0.2, 0) is 0 Å². The summed E-state index contributed by atoms with van der Waals surface area (Å²) in [6.07, 6.45) is 5.52. The van der Waals surface area contributed by atoms with Crippen LogP contribution in [0.5, 0.6) is 0 Å². The summed E-state index contributed by atoms with van der Waals surface area (Å²) < 4.78 is 0. The quantitative estimate of drug-likeness (QED) is 0.600. The second-order valence-corrected chi connectivity index (χ2v) is 4.35. The van der Waals surface area contributed by atoms with Crippen LogP contribution in [-0.4, -0.2) is 11.7 Å². The van der Waals surface area contributed by atoms with Gasteiger partial charge in [-0.15, -0.1) is 0 Å². The third-order valence-corrected chi connectivity index (χ3v) is 2.69. The predicted octanol–water partition coefficient (Wildman–Crippen LogP) is 3.53. The molecule has 13 heavy (non-hydrogen) atoms. The highest BCUT2D eigenvalue weighted by Gasteiger charge is 2.22. The molecular weight excluding hydrogens is 160 g/mol. The Morgan fingerprint density at radius 1 is 1.38 bits per heavy atom. The predicted molar refractivity (Wildman–Crippen MR) is 58.8 cm³/mol. The maximum absolute atomic E-state index is 9.32. The number of hydrogen-bond acceptors (Lipinski definition) is 1. The minimum Gasteiger partial charge on any atom is -0.396 e. The van der Waals surface area contributed by atoms with Crippen molar-refractivity contribution >= 4 is 0 Å². The molecule has 0 amide bonds. The van der Waals surface area contributed by atoms with Gasteiger partial charge in [0.2, 0.25) is 0 Å². The zero-order chi connectivity index (χ0) is 10.3. The van der Waals surface area contributed by atoms with Gasteiger partial charge in [-0.25, -0.2) is 0 Å². The van der Waals surface area contributed by atoms with Gasteiger partial charge in [-0.3, -0.25) is 0 Å². The fourth-order valence-corrected chi connectivity index (χ4v) is 1.56. The number of aliphatic hydroxyl groups is 1. The Hall–Kier alpha value is -0.300. The maximum Gasteiger partial charge on any atom is 0.0487 e. The van der Waals surface area contributed by atoms with E-state index in [1.807, 2.05) is 0 Å². The molecule has 0 aliphatic carbocycles. The highest BCUT2D eigenvalue weighted by Crippen LogP contribution is 2.31. The molecule has 0 spiro atoms. The van der Waals surface area contributed by atoms with Gasteiger partial charge >= 0.3 is 0 Å². The van der Waals surface area contributed by atoms with E-state index in [1.54, 1.807) is 0 Å². The van der Waals surface area contributed by atoms with Gasteiger partial charge in [0.05, 0.1) is 0 Å². The molecule has 1 atom stereocenters. The molecule has 0 aromatic heterocycles. The van der Waals surface area contributed by atoms with Crippen molar-refractivity contribution in [3.8, 4) is 0 Å². The van der Waals surface area contributed by atoms with Crippen LogP contribution >= 0.6 is 0 Å². The molecular formula is C12H24O. The Morgan fingerprint density at radius 3 is 2.38 bits per heavy atom. The van der Waals surface area contributed by atoms with E-state index in [0.29, 0.717) is 0 Å². The summed E-state index contributed by atoms with van der Waals surface area (Å²) in [5.74, 6) is 0. The smallest absolute Gasteiger partial charge is 0.0487 e. The summed E-state index contributed by atoms with van der Waals surface area (Å²) in [6.45, 7) is 10.8. The number of rotatable bonds is 7. The van der Waals surface area contributed by atoms with Gasteiger partial charge < -0.3 is 5.11 Å². The largest absolute Gasteiger partial charge is 0.396 e. The number of allylic oxidation sites excluding steroid dienone is 1. The Morgan fingerprint density at radius 2 is 2.00 bits per heavy atom. The zero-order valence-electron chi connectivity index (χ0n) is 9.40. The summed E-state index contributed by atoms with van der Waals surface area (Å²) in [6, 6.07) is 0. The third kappa shape index (κ3) is 5.09. The molecule has 0 saturated carbocycles. The van der Waals surface area contributed by atoms with E-state index in [0.717, 1.165) is 19.3 Å². The lowest BCUT2D eigenvalue weighted by Gasteiger charge is -2.28. The van der Waals surface area contributed by atoms with Crippen LogP contribution in [0, 0.1) is 5.41 Å². The van der Waals surface area contributed by atoms with Crippen molar-refractivity contribution in [1.82, 2.24) is 0 Å². The van der Waals surface area contributed by atoms with Gasteiger partial charge in [-0.1, -0.05) is 45.8 Å². The molecule has 0 radical (unpaired) electrons. The van der Waals surface area contributed by atoms with Crippen molar-refractivity contribution in [2.45, 2.75) is 52.9 Å². The first-order valence-corrected chi connectivity index (χ1v) is 5.35. The Bertz CT molecular complexity index is 151. The van der Waals surface area contributed by atoms with Crippen LogP contribution in [0.25, 0.3) is 0 Å². The Kier molecular flexibility index (Phi) is 6.06. The average molecular weight is 184 g/mol. The maximum atomic E-state index is 9.32. The minimum absolute atomic E-state index is 0.0725. The number of hydrogen-bond donors (Lipinski definition) is 1. The number of aliphatic hydroxyl groups excluding tert-OH is 1. The molecule has 0 heterocycles. The summed E-state index contributed by atoms with van der Waals surface area (Å²) in [5, 5.41) is 9.32. The molecule has 0 bridgehead atoms. The van der Waals surface area contributed by atoms with E-state index in [9.17, 15) is 5.11 Å². The summed E-state index contributed by atoms with van der Waals surface area (Å²) in [4.78, 5) is 0. The molecule has 78 valence electrons. The minimum atomic E-state index is 0.0725. The third-order valence-electron chi connectivity index (χ3n) is 2.69. The SMILES string of the molecule is C=C(CC)CC(C)(CO)CCCC. The van der Waals surface area contributed by atoms with Crippen LogP contribution < -0.4 is 0 Å². The highest BCUT2D eigenvalue weighted by atomic mass is 16.3. The van der Waals surface area contributed by atoms with Crippen molar-refractivity contribution in [1.29, 1.82) is 0 Å². The van der Waals surface area contributed by atoms with Crippen LogP contribution in [0.2, 0.25) is 0 Å². The Labute approximate surface area is 82.9 Å². The first-order valence-electron chi connectivity index (χ1n) is 5.35. The molecule has 0 aromatic rings. The first-order chi connectivity index (χ1) is 6.08. The fourth-order valence-electron chi connectivity index (χ4n) is 1.56. The van der Waals surface area contributed by atoms with E-state index in [1.165, 1.54) is 18.4 Å². The van der Waals surface area contributed by atoms with Crippen molar-refractivity contribution in [3.05, 3.63) is 12.2 Å². The molecule has 1 heteroatoms. The molecule has 0 saturated heterocycles. The zero-order valence-corrected chi connectivity index (χ0v) is 9.40. The van der Waals surface area contributed by atoms with Gasteiger partial charge in [0.15, 0.2) is 0 Å². The van der Waals surface area contributed by atoms with Gasteiger partial charge in [0.25, 0.3) is 0 Å². The molecule has 1 N–H and O–H groups in total. The van der Waals surface area contributed by atoms with Crippen LogP contribution in [0.15, 0.2) is 12.2 Å². The highest BCUT2D eigenvalue weighted by molar-refractivity contribution is 4.98. The van der Waals surface area contributed by atoms with Crippen molar-refractivity contribution in [2.24, 2.45) is 5.41 Å². The summed E-state index contributed by atoms with van der Waals surface area (Å²) >= 11 is 0. The first kappa shape index (κ1) is 12.7. The molecule has 0 aliphatic rings. The normalized spacial score (nSPS) is 15.4. The molecule has 0 fully saturated rings. The number of unbranched alkanes of at least 4 members (excludes halogenated alkanes) is 1. The lowest BCUT2D eigenvalue weighted by molar-refractivity contribution is 0.129. The average Bonchev–Trinajstić information content (AvgIpc) is 2.14. The molecule has 0 aromatic carbocycles. The summed E-state index contributed by atoms with van der Waals surface area (Å²) in [7, 11) is 0. The molecule has 0 rings (SSSR count). The molecule has 0 aliphatic heterocycles. The van der Waals surface area contributed by atoms with Crippen LogP contribution in [0.3, 0.4) is 0 Å². The van der Waals surface area contributed by atoms with Gasteiger partial charge in [0.1, 0.15) is 0 Å².